The van der Waals surface area contributed by atoms with Gasteiger partial charge in [-0.25, -0.2) is 0 Å². The van der Waals surface area contributed by atoms with Crippen LogP contribution in [-0.4, -0.2) is 17.4 Å². The van der Waals surface area contributed by atoms with E-state index in [1.54, 1.807) is 0 Å². The number of thioether (sulfide) groups is 1. The van der Waals surface area contributed by atoms with Crippen molar-refractivity contribution >= 4 is 23.4 Å². The predicted octanol–water partition coefficient (Wildman–Crippen LogP) is 4.64. The number of alkyl halides is 1. The normalized spacial score (nSPS) is 23.4. The summed E-state index contributed by atoms with van der Waals surface area (Å²) in [5, 5.41) is 0. The van der Waals surface area contributed by atoms with Gasteiger partial charge >= 0.3 is 0 Å². The summed E-state index contributed by atoms with van der Waals surface area (Å²) in [5.74, 6) is 3.21. The van der Waals surface area contributed by atoms with Crippen molar-refractivity contribution in [3.8, 4) is 0 Å². The van der Waals surface area contributed by atoms with E-state index in [4.69, 9.17) is 11.6 Å². The first-order chi connectivity index (χ1) is 8.32. The van der Waals surface area contributed by atoms with Crippen LogP contribution in [0.3, 0.4) is 0 Å². The molecule has 1 aliphatic carbocycles. The van der Waals surface area contributed by atoms with Gasteiger partial charge in [0.1, 0.15) is 0 Å². The Balaban J connectivity index is 2.22. The summed E-state index contributed by atoms with van der Waals surface area (Å²) in [7, 11) is 0. The summed E-state index contributed by atoms with van der Waals surface area (Å²) in [5.41, 5.74) is 3.30. The quantitative estimate of drug-likeness (QED) is 0.554. The maximum absolute atomic E-state index is 6.33. The monoisotopic (exact) mass is 268 g/mol. The molecular formula is C15H21ClS. The maximum Gasteiger partial charge on any atom is 0.0320 e. The van der Waals surface area contributed by atoms with Crippen LogP contribution in [0, 0.1) is 0 Å². The summed E-state index contributed by atoms with van der Waals surface area (Å²) in [6, 6.07) is 8.90. The van der Waals surface area contributed by atoms with Crippen LogP contribution in [0.15, 0.2) is 24.3 Å². The van der Waals surface area contributed by atoms with Gasteiger partial charge in [0.2, 0.25) is 0 Å². The van der Waals surface area contributed by atoms with Crippen LogP contribution < -0.4 is 0 Å². The number of hydrogen-bond donors (Lipinski definition) is 0. The lowest BCUT2D eigenvalue weighted by Crippen LogP contribution is -2.33. The number of halogens is 1. The molecule has 0 heterocycles. The molecule has 0 nitrogen and oxygen atoms in total. The second-order valence-electron chi connectivity index (χ2n) is 4.87. The number of fused-ring (bicyclic) bond motifs is 1. The van der Waals surface area contributed by atoms with Gasteiger partial charge in [-0.1, -0.05) is 31.2 Å². The molecule has 0 aromatic heterocycles. The first kappa shape index (κ1) is 13.3. The van der Waals surface area contributed by atoms with Crippen molar-refractivity contribution in [2.75, 3.05) is 17.4 Å². The third-order valence-corrected chi connectivity index (χ3v) is 5.29. The van der Waals surface area contributed by atoms with Gasteiger partial charge in [0.25, 0.3) is 0 Å². The van der Waals surface area contributed by atoms with Crippen molar-refractivity contribution in [3.63, 3.8) is 0 Å². The lowest BCUT2D eigenvalue weighted by atomic mass is 9.69. The lowest BCUT2D eigenvalue weighted by molar-refractivity contribution is 0.389. The molecule has 1 unspecified atom stereocenters. The first-order valence-corrected chi connectivity index (χ1v) is 8.23. The Morgan fingerprint density at radius 2 is 2.18 bits per heavy atom. The number of rotatable bonds is 5. The molecule has 0 saturated carbocycles. The van der Waals surface area contributed by atoms with Crippen molar-refractivity contribution in [3.05, 3.63) is 35.4 Å². The molecule has 0 bridgehead atoms. The van der Waals surface area contributed by atoms with E-state index >= 15 is 0 Å². The van der Waals surface area contributed by atoms with E-state index in [1.165, 1.54) is 48.3 Å². The first-order valence-electron chi connectivity index (χ1n) is 6.54. The van der Waals surface area contributed by atoms with Crippen molar-refractivity contribution in [2.45, 2.75) is 38.0 Å². The third kappa shape index (κ3) is 2.82. The molecule has 0 amide bonds. The fraction of sp³-hybridized carbons (Fsp3) is 0.600. The molecule has 0 N–H and O–H groups in total. The van der Waals surface area contributed by atoms with Crippen molar-refractivity contribution in [1.29, 1.82) is 0 Å². The van der Waals surface area contributed by atoms with E-state index in [0.717, 1.165) is 5.88 Å². The second-order valence-corrected chi connectivity index (χ2v) is 6.53. The molecule has 0 spiro atoms. The van der Waals surface area contributed by atoms with Crippen LogP contribution >= 0.6 is 23.4 Å². The van der Waals surface area contributed by atoms with Gasteiger partial charge in [-0.3, -0.25) is 0 Å². The maximum atomic E-state index is 6.33. The highest BCUT2D eigenvalue weighted by molar-refractivity contribution is 7.99. The average Bonchev–Trinajstić information content (AvgIpc) is 2.39. The second kappa shape index (κ2) is 6.15. The zero-order valence-electron chi connectivity index (χ0n) is 10.5. The molecule has 1 aromatic carbocycles. The fourth-order valence-corrected chi connectivity index (χ4v) is 4.12. The van der Waals surface area contributed by atoms with E-state index in [0.29, 0.717) is 0 Å². The van der Waals surface area contributed by atoms with Crippen molar-refractivity contribution in [1.82, 2.24) is 0 Å². The predicted molar refractivity (Wildman–Crippen MR) is 79.4 cm³/mol. The lowest BCUT2D eigenvalue weighted by Gasteiger charge is -2.38. The SMILES string of the molecule is CCSCCC1(CCl)CCCc2ccccc21. The standard InChI is InChI=1S/C15H21ClS/c1-2-17-11-10-15(12-16)9-5-7-13-6-3-4-8-14(13)15/h3-4,6,8H,2,5,7,9-12H2,1H3. The largest absolute Gasteiger partial charge is 0.162 e. The number of hydrogen-bond acceptors (Lipinski definition) is 1. The molecule has 2 rings (SSSR count). The fourth-order valence-electron chi connectivity index (χ4n) is 2.88. The van der Waals surface area contributed by atoms with Gasteiger partial charge in [-0.15, -0.1) is 11.6 Å². The average molecular weight is 269 g/mol. The van der Waals surface area contributed by atoms with E-state index in [2.05, 4.69) is 31.2 Å². The zero-order chi connectivity index (χ0) is 12.1. The van der Waals surface area contributed by atoms with Gasteiger partial charge in [-0.2, -0.15) is 11.8 Å². The minimum absolute atomic E-state index is 0.249. The summed E-state index contributed by atoms with van der Waals surface area (Å²) in [6.07, 6.45) is 5.01. The Bertz CT molecular complexity index is 364. The Kier molecular flexibility index (Phi) is 4.81. The van der Waals surface area contributed by atoms with E-state index in [9.17, 15) is 0 Å². The Labute approximate surface area is 114 Å². The number of benzene rings is 1. The van der Waals surface area contributed by atoms with Crippen LogP contribution in [0.1, 0.15) is 37.3 Å². The minimum atomic E-state index is 0.249. The Morgan fingerprint density at radius 1 is 1.35 bits per heavy atom. The molecule has 0 fully saturated rings. The minimum Gasteiger partial charge on any atom is -0.162 e. The summed E-state index contributed by atoms with van der Waals surface area (Å²) >= 11 is 8.37. The van der Waals surface area contributed by atoms with E-state index < -0.39 is 0 Å². The summed E-state index contributed by atoms with van der Waals surface area (Å²) in [6.45, 7) is 2.23. The molecule has 94 valence electrons. The van der Waals surface area contributed by atoms with Crippen molar-refractivity contribution in [2.24, 2.45) is 0 Å². The van der Waals surface area contributed by atoms with E-state index in [-0.39, 0.29) is 5.41 Å². The molecular weight excluding hydrogens is 248 g/mol. The highest BCUT2D eigenvalue weighted by atomic mass is 35.5. The third-order valence-electron chi connectivity index (χ3n) is 3.88. The smallest absolute Gasteiger partial charge is 0.0320 e. The molecule has 0 aliphatic heterocycles. The van der Waals surface area contributed by atoms with E-state index in [1.807, 2.05) is 11.8 Å². The zero-order valence-corrected chi connectivity index (χ0v) is 12.1. The van der Waals surface area contributed by atoms with Gasteiger partial charge in [0.05, 0.1) is 0 Å². The van der Waals surface area contributed by atoms with Gasteiger partial charge in [0.15, 0.2) is 0 Å². The molecule has 1 aromatic rings. The van der Waals surface area contributed by atoms with Crippen molar-refractivity contribution < 1.29 is 0 Å². The highest BCUT2D eigenvalue weighted by Crippen LogP contribution is 2.41. The van der Waals surface area contributed by atoms with Crippen LogP contribution in [-0.2, 0) is 11.8 Å². The van der Waals surface area contributed by atoms with Crippen LogP contribution in [0.5, 0.6) is 0 Å². The topological polar surface area (TPSA) is 0 Å². The summed E-state index contributed by atoms with van der Waals surface area (Å²) < 4.78 is 0. The molecule has 0 radical (unpaired) electrons. The van der Waals surface area contributed by atoms with Gasteiger partial charge in [0, 0.05) is 11.3 Å². The van der Waals surface area contributed by atoms with Crippen LogP contribution in [0.25, 0.3) is 0 Å². The molecule has 0 saturated heterocycles. The molecule has 1 atom stereocenters. The number of aryl methyl sites for hydroxylation is 1. The Morgan fingerprint density at radius 3 is 2.94 bits per heavy atom. The van der Waals surface area contributed by atoms with Crippen LogP contribution in [0.4, 0.5) is 0 Å². The highest BCUT2D eigenvalue weighted by Gasteiger charge is 2.34. The van der Waals surface area contributed by atoms with Gasteiger partial charge in [-0.05, 0) is 48.3 Å². The molecule has 1 aliphatic rings. The Hall–Kier alpha value is -0.140. The van der Waals surface area contributed by atoms with Gasteiger partial charge < -0.3 is 0 Å². The molecule has 2 heteroatoms. The summed E-state index contributed by atoms with van der Waals surface area (Å²) in [4.78, 5) is 0. The molecule has 17 heavy (non-hydrogen) atoms. The van der Waals surface area contributed by atoms with Crippen LogP contribution in [0.2, 0.25) is 0 Å².